The van der Waals surface area contributed by atoms with Crippen molar-refractivity contribution in [2.24, 2.45) is 0 Å². The average Bonchev–Trinajstić information content (AvgIpc) is 2.37. The molecule has 3 N–H and O–H groups in total. The van der Waals surface area contributed by atoms with Gasteiger partial charge in [-0.15, -0.1) is 0 Å². The Bertz CT molecular complexity index is 575. The van der Waals surface area contributed by atoms with Gasteiger partial charge in [0.2, 0.25) is 5.91 Å². The number of carbonyl (C=O) groups is 1. The largest absolute Gasteiger partial charge is 0.398 e. The van der Waals surface area contributed by atoms with Crippen molar-refractivity contribution in [1.82, 2.24) is 5.32 Å². The monoisotopic (exact) mass is 320 g/mol. The quantitative estimate of drug-likeness (QED) is 0.573. The topological polar surface area (TPSA) is 98.5 Å². The highest BCUT2D eigenvalue weighted by atomic mass is 35.5. The summed E-state index contributed by atoms with van der Waals surface area (Å²) in [5.41, 5.74) is 5.80. The molecule has 0 saturated heterocycles. The van der Waals surface area contributed by atoms with Gasteiger partial charge in [-0.25, -0.2) is 8.42 Å². The number of sulfone groups is 1. The van der Waals surface area contributed by atoms with E-state index in [-0.39, 0.29) is 15.6 Å². The van der Waals surface area contributed by atoms with E-state index in [0.29, 0.717) is 19.6 Å². The van der Waals surface area contributed by atoms with Crippen LogP contribution in [-0.2, 0) is 19.4 Å². The first-order chi connectivity index (χ1) is 9.36. The van der Waals surface area contributed by atoms with Crippen LogP contribution >= 0.6 is 11.6 Å². The predicted molar refractivity (Wildman–Crippen MR) is 77.4 cm³/mol. The lowest BCUT2D eigenvalue weighted by Gasteiger charge is -2.07. The van der Waals surface area contributed by atoms with E-state index in [0.717, 1.165) is 0 Å². The van der Waals surface area contributed by atoms with E-state index in [1.807, 2.05) is 0 Å². The zero-order valence-corrected chi connectivity index (χ0v) is 12.6. The molecule has 0 fully saturated rings. The number of nitrogen functional groups attached to an aromatic ring is 1. The summed E-state index contributed by atoms with van der Waals surface area (Å²) in [6.07, 6.45) is 0.621. The number of carbonyl (C=O) groups excluding carboxylic acids is 1. The van der Waals surface area contributed by atoms with Gasteiger partial charge in [-0.1, -0.05) is 11.6 Å². The number of halogens is 1. The van der Waals surface area contributed by atoms with Gasteiger partial charge in [0.15, 0.2) is 9.84 Å². The van der Waals surface area contributed by atoms with Crippen LogP contribution in [0.1, 0.15) is 6.42 Å². The van der Waals surface area contributed by atoms with Crippen LogP contribution in [0.2, 0.25) is 5.02 Å². The summed E-state index contributed by atoms with van der Waals surface area (Å²) < 4.78 is 28.8. The number of rotatable bonds is 7. The number of methoxy groups -OCH3 is 1. The normalized spacial score (nSPS) is 11.3. The van der Waals surface area contributed by atoms with Crippen molar-refractivity contribution < 1.29 is 17.9 Å². The molecule has 0 atom stereocenters. The highest BCUT2D eigenvalue weighted by Crippen LogP contribution is 2.23. The van der Waals surface area contributed by atoms with E-state index in [4.69, 9.17) is 22.1 Å². The lowest BCUT2D eigenvalue weighted by atomic mass is 10.3. The first kappa shape index (κ1) is 16.7. The van der Waals surface area contributed by atoms with Gasteiger partial charge in [-0.2, -0.15) is 0 Å². The Hall–Kier alpha value is -1.31. The maximum absolute atomic E-state index is 12.0. The van der Waals surface area contributed by atoms with E-state index in [1.54, 1.807) is 7.11 Å². The summed E-state index contributed by atoms with van der Waals surface area (Å²) in [5.74, 6) is -1.19. The summed E-state index contributed by atoms with van der Waals surface area (Å²) in [7, 11) is -2.17. The van der Waals surface area contributed by atoms with E-state index in [1.165, 1.54) is 18.2 Å². The molecule has 0 aliphatic rings. The highest BCUT2D eigenvalue weighted by Gasteiger charge is 2.19. The Balaban J connectivity index is 2.65. The van der Waals surface area contributed by atoms with Crippen LogP contribution in [0.15, 0.2) is 23.1 Å². The maximum atomic E-state index is 12.0. The molecule has 1 aromatic rings. The average molecular weight is 321 g/mol. The first-order valence-corrected chi connectivity index (χ1v) is 7.93. The fourth-order valence-corrected chi connectivity index (χ4v) is 2.88. The second-order valence-electron chi connectivity index (χ2n) is 4.14. The van der Waals surface area contributed by atoms with Crippen LogP contribution < -0.4 is 11.1 Å². The van der Waals surface area contributed by atoms with E-state index in [2.05, 4.69) is 5.32 Å². The molecule has 1 aromatic carbocycles. The van der Waals surface area contributed by atoms with Gasteiger partial charge in [0.1, 0.15) is 5.75 Å². The smallest absolute Gasteiger partial charge is 0.235 e. The predicted octanol–water partition coefficient (Wildman–Crippen LogP) is 0.849. The fourth-order valence-electron chi connectivity index (χ4n) is 1.45. The molecule has 8 heteroatoms. The SMILES string of the molecule is COCCCNC(=O)CS(=O)(=O)c1ccc(N)c(Cl)c1. The van der Waals surface area contributed by atoms with Crippen molar-refractivity contribution in [3.05, 3.63) is 23.2 Å². The van der Waals surface area contributed by atoms with Gasteiger partial charge in [-0.05, 0) is 24.6 Å². The van der Waals surface area contributed by atoms with Gasteiger partial charge in [0.25, 0.3) is 0 Å². The van der Waals surface area contributed by atoms with Gasteiger partial charge in [-0.3, -0.25) is 4.79 Å². The molecule has 6 nitrogen and oxygen atoms in total. The van der Waals surface area contributed by atoms with E-state index in [9.17, 15) is 13.2 Å². The third-order valence-electron chi connectivity index (χ3n) is 2.50. The van der Waals surface area contributed by atoms with Gasteiger partial charge < -0.3 is 15.8 Å². The Kier molecular flexibility index (Phi) is 6.25. The minimum absolute atomic E-state index is 0.0243. The second-order valence-corrected chi connectivity index (χ2v) is 6.54. The van der Waals surface area contributed by atoms with Crippen LogP contribution in [-0.4, -0.2) is 40.3 Å². The van der Waals surface area contributed by atoms with Crippen molar-refractivity contribution >= 4 is 33.0 Å². The standard InChI is InChI=1S/C12H17ClN2O4S/c1-19-6-2-5-15-12(16)8-20(17,18)9-3-4-11(14)10(13)7-9/h3-4,7H,2,5-6,8,14H2,1H3,(H,15,16). The van der Waals surface area contributed by atoms with Crippen molar-refractivity contribution in [3.8, 4) is 0 Å². The Morgan fingerprint density at radius 2 is 2.15 bits per heavy atom. The molecule has 0 aliphatic heterocycles. The molecule has 0 heterocycles. The molecule has 0 spiro atoms. The zero-order chi connectivity index (χ0) is 15.2. The van der Waals surface area contributed by atoms with Gasteiger partial charge in [0.05, 0.1) is 15.6 Å². The van der Waals surface area contributed by atoms with Crippen molar-refractivity contribution in [1.29, 1.82) is 0 Å². The molecule has 0 radical (unpaired) electrons. The Morgan fingerprint density at radius 3 is 2.75 bits per heavy atom. The number of benzene rings is 1. The van der Waals surface area contributed by atoms with Crippen molar-refractivity contribution in [3.63, 3.8) is 0 Å². The molecule has 0 saturated carbocycles. The maximum Gasteiger partial charge on any atom is 0.235 e. The summed E-state index contributed by atoms with van der Waals surface area (Å²) in [4.78, 5) is 11.5. The molecular weight excluding hydrogens is 304 g/mol. The van der Waals surface area contributed by atoms with Crippen molar-refractivity contribution in [2.75, 3.05) is 31.7 Å². The molecular formula is C12H17ClN2O4S. The Labute approximate surface area is 123 Å². The number of hydrogen-bond acceptors (Lipinski definition) is 5. The third kappa shape index (κ3) is 4.99. The number of ether oxygens (including phenoxy) is 1. The molecule has 112 valence electrons. The summed E-state index contributed by atoms with van der Waals surface area (Å²) >= 11 is 5.77. The molecule has 0 bridgehead atoms. The minimum Gasteiger partial charge on any atom is -0.398 e. The Morgan fingerprint density at radius 1 is 1.45 bits per heavy atom. The third-order valence-corrected chi connectivity index (χ3v) is 4.44. The molecule has 0 aliphatic carbocycles. The van der Waals surface area contributed by atoms with Crippen LogP contribution in [0, 0.1) is 0 Å². The first-order valence-electron chi connectivity index (χ1n) is 5.90. The molecule has 1 amide bonds. The molecule has 20 heavy (non-hydrogen) atoms. The zero-order valence-electron chi connectivity index (χ0n) is 11.1. The number of nitrogens with two attached hydrogens (primary N) is 1. The number of nitrogens with one attached hydrogen (secondary N) is 1. The fraction of sp³-hybridized carbons (Fsp3) is 0.417. The molecule has 0 unspecified atom stereocenters. The van der Waals surface area contributed by atoms with Crippen LogP contribution in [0.25, 0.3) is 0 Å². The summed E-state index contributed by atoms with van der Waals surface area (Å²) in [6, 6.07) is 3.96. The number of amides is 1. The minimum atomic E-state index is -3.72. The molecule has 1 rings (SSSR count). The van der Waals surface area contributed by atoms with E-state index < -0.39 is 21.5 Å². The van der Waals surface area contributed by atoms with E-state index >= 15 is 0 Å². The van der Waals surface area contributed by atoms with Crippen molar-refractivity contribution in [2.45, 2.75) is 11.3 Å². The van der Waals surface area contributed by atoms with Gasteiger partial charge in [0, 0.05) is 20.3 Å². The van der Waals surface area contributed by atoms with Gasteiger partial charge >= 0.3 is 0 Å². The lowest BCUT2D eigenvalue weighted by Crippen LogP contribution is -2.31. The summed E-state index contributed by atoms with van der Waals surface area (Å²) in [5, 5.41) is 2.66. The molecule has 0 aromatic heterocycles. The van der Waals surface area contributed by atoms with Crippen LogP contribution in [0.4, 0.5) is 5.69 Å². The highest BCUT2D eigenvalue weighted by molar-refractivity contribution is 7.92. The summed E-state index contributed by atoms with van der Waals surface area (Å²) in [6.45, 7) is 0.866. The van der Waals surface area contributed by atoms with Crippen LogP contribution in [0.3, 0.4) is 0 Å². The number of anilines is 1. The number of hydrogen-bond donors (Lipinski definition) is 2. The lowest BCUT2D eigenvalue weighted by molar-refractivity contribution is -0.118. The van der Waals surface area contributed by atoms with Crippen LogP contribution in [0.5, 0.6) is 0 Å². The second kappa shape index (κ2) is 7.47.